The van der Waals surface area contributed by atoms with Crippen molar-refractivity contribution >= 4 is 23.5 Å². The first-order valence-corrected chi connectivity index (χ1v) is 15.5. The summed E-state index contributed by atoms with van der Waals surface area (Å²) in [6, 6.07) is -1.04. The molecule has 0 aliphatic carbocycles. The van der Waals surface area contributed by atoms with Gasteiger partial charge in [-0.3, -0.25) is 18.9 Å². The summed E-state index contributed by atoms with van der Waals surface area (Å²) in [6.45, 7) is 10.7. The lowest BCUT2D eigenvalue weighted by atomic mass is 10.1. The van der Waals surface area contributed by atoms with Gasteiger partial charge in [0.15, 0.2) is 0 Å². The van der Waals surface area contributed by atoms with Crippen molar-refractivity contribution in [2.45, 2.75) is 52.5 Å². The lowest BCUT2D eigenvalue weighted by Gasteiger charge is -2.19. The summed E-state index contributed by atoms with van der Waals surface area (Å²) in [5.41, 5.74) is 7.38. The first-order valence-electron chi connectivity index (χ1n) is 11.0. The van der Waals surface area contributed by atoms with Crippen molar-refractivity contribution in [1.29, 1.82) is 0 Å². The van der Waals surface area contributed by atoms with Crippen molar-refractivity contribution in [3.8, 4) is 0 Å². The number of aromatic amines is 1. The van der Waals surface area contributed by atoms with Crippen LogP contribution in [0.1, 0.15) is 39.0 Å². The number of phosphoric acid groups is 3. The molecule has 22 heteroatoms. The van der Waals surface area contributed by atoms with E-state index in [1.807, 2.05) is 4.98 Å². The maximum atomic E-state index is 12.0. The Morgan fingerprint density at radius 2 is 1.71 bits per heavy atom. The molecule has 2 heterocycles. The summed E-state index contributed by atoms with van der Waals surface area (Å²) in [6.07, 6.45) is -1.26. The number of nitrogens with zero attached hydrogens (tertiary/aromatic N) is 5. The first-order chi connectivity index (χ1) is 17.5. The Morgan fingerprint density at radius 1 is 1.13 bits per heavy atom. The van der Waals surface area contributed by atoms with E-state index in [4.69, 9.17) is 24.9 Å². The van der Waals surface area contributed by atoms with Gasteiger partial charge in [0.2, 0.25) is 0 Å². The Balaban J connectivity index is 0.000000905. The van der Waals surface area contributed by atoms with Crippen LogP contribution >= 0.6 is 23.5 Å². The Kier molecular flexibility index (Phi) is 13.2. The van der Waals surface area contributed by atoms with Crippen molar-refractivity contribution in [2.75, 3.05) is 26.2 Å². The standard InChI is InChI=1S/C10H16N5O13P3.C6H15N/c1-5-3-15(10(17)12-9(5)16)8-2-6(13-14-11)7(26-8)4-25-30(21,22)28-31(23,24)27-29(18,19)20;1-4-7(5-2)6-3/h3,6-8H,2,4H2,1H3,(H,21,22)(H,23,24)(H,12,16,17)(H2,18,19,20);4-6H2,1-3H3/t6?,7-,8-;/m1./s1. The minimum Gasteiger partial charge on any atom is -0.352 e. The fourth-order valence-corrected chi connectivity index (χ4v) is 6.20. The zero-order chi connectivity index (χ0) is 29.3. The second kappa shape index (κ2) is 14.6. The number of phosphoric ester groups is 1. The lowest BCUT2D eigenvalue weighted by Crippen LogP contribution is -2.33. The minimum atomic E-state index is -5.70. The fourth-order valence-electron chi connectivity index (χ4n) is 3.17. The molecule has 1 fully saturated rings. The minimum absolute atomic E-state index is 0.111. The van der Waals surface area contributed by atoms with Gasteiger partial charge in [0, 0.05) is 23.1 Å². The molecule has 0 aromatic carbocycles. The number of hydrogen-bond acceptors (Lipinski definition) is 11. The van der Waals surface area contributed by atoms with Gasteiger partial charge in [-0.2, -0.15) is 8.62 Å². The molecule has 0 bridgehead atoms. The topological polar surface area (TPSA) is 276 Å². The quantitative estimate of drug-likeness (QED) is 0.0973. The fraction of sp³-hybridized carbons (Fsp3) is 0.750. The van der Waals surface area contributed by atoms with Crippen LogP contribution in [0.25, 0.3) is 10.4 Å². The van der Waals surface area contributed by atoms with Gasteiger partial charge in [-0.15, -0.1) is 0 Å². The average Bonchev–Trinajstić information content (AvgIpc) is 3.17. The van der Waals surface area contributed by atoms with E-state index in [2.05, 4.69) is 48.8 Å². The molecule has 3 unspecified atom stereocenters. The molecule has 5 atom stereocenters. The zero-order valence-corrected chi connectivity index (χ0v) is 23.6. The van der Waals surface area contributed by atoms with Crippen LogP contribution in [0.4, 0.5) is 0 Å². The second-order valence-corrected chi connectivity index (χ2v) is 12.0. The molecule has 218 valence electrons. The number of ether oxygens (including phenoxy) is 1. The molecule has 0 spiro atoms. The summed E-state index contributed by atoms with van der Waals surface area (Å²) >= 11 is 0. The molecule has 0 saturated carbocycles. The Bertz CT molecular complexity index is 1230. The number of azide groups is 1. The van der Waals surface area contributed by atoms with Gasteiger partial charge < -0.3 is 29.2 Å². The van der Waals surface area contributed by atoms with Crippen molar-refractivity contribution in [3.63, 3.8) is 0 Å². The van der Waals surface area contributed by atoms with Crippen LogP contribution in [-0.4, -0.2) is 72.4 Å². The number of aryl methyl sites for hydroxylation is 1. The molecule has 2 rings (SSSR count). The molecule has 1 saturated heterocycles. The van der Waals surface area contributed by atoms with Crippen LogP contribution < -0.4 is 11.2 Å². The smallest absolute Gasteiger partial charge is 0.352 e. The molecular formula is C16H31N6O13P3. The monoisotopic (exact) mass is 608 g/mol. The zero-order valence-electron chi connectivity index (χ0n) is 20.9. The van der Waals surface area contributed by atoms with Gasteiger partial charge >= 0.3 is 29.2 Å². The van der Waals surface area contributed by atoms with Crippen molar-refractivity contribution in [2.24, 2.45) is 5.11 Å². The van der Waals surface area contributed by atoms with Crippen molar-refractivity contribution in [1.82, 2.24) is 14.5 Å². The normalized spacial score (nSPS) is 22.6. The summed E-state index contributed by atoms with van der Waals surface area (Å²) in [7, 11) is -16.7. The molecule has 0 amide bonds. The van der Waals surface area contributed by atoms with Gasteiger partial charge in [-0.25, -0.2) is 18.5 Å². The van der Waals surface area contributed by atoms with Crippen LogP contribution in [0.5, 0.6) is 0 Å². The number of nitrogens with one attached hydrogen (secondary N) is 1. The highest BCUT2D eigenvalue weighted by Gasteiger charge is 2.43. The molecule has 0 radical (unpaired) electrons. The molecule has 1 aromatic heterocycles. The van der Waals surface area contributed by atoms with E-state index in [9.17, 15) is 28.2 Å². The van der Waals surface area contributed by atoms with E-state index in [0.29, 0.717) is 0 Å². The molecule has 19 nitrogen and oxygen atoms in total. The second-order valence-electron chi connectivity index (χ2n) is 7.62. The average molecular weight is 608 g/mol. The molecular weight excluding hydrogens is 577 g/mol. The molecule has 38 heavy (non-hydrogen) atoms. The van der Waals surface area contributed by atoms with E-state index in [1.165, 1.54) is 32.8 Å². The SMILES string of the molecule is CCN(CC)CC.Cc1cn([C@H]2CC(N=[N+]=[N-])[C@@H](COP(=O)(O)OP(=O)(O)OP(=O)(O)O)O2)c(=O)[nH]c1=O. The summed E-state index contributed by atoms with van der Waals surface area (Å²) in [5, 5.41) is 3.42. The van der Waals surface area contributed by atoms with Crippen LogP contribution in [0, 0.1) is 6.92 Å². The van der Waals surface area contributed by atoms with Crippen molar-refractivity contribution in [3.05, 3.63) is 43.0 Å². The number of hydrogen-bond donors (Lipinski definition) is 5. The summed E-state index contributed by atoms with van der Waals surface area (Å²) < 4.78 is 51.8. The Hall–Kier alpha value is -1.68. The maximum absolute atomic E-state index is 12.0. The van der Waals surface area contributed by atoms with Gasteiger partial charge in [0.05, 0.1) is 18.8 Å². The van der Waals surface area contributed by atoms with Crippen LogP contribution in [0.2, 0.25) is 0 Å². The van der Waals surface area contributed by atoms with E-state index in [-0.39, 0.29) is 12.0 Å². The third-order valence-electron chi connectivity index (χ3n) is 5.02. The Morgan fingerprint density at radius 3 is 2.18 bits per heavy atom. The summed E-state index contributed by atoms with van der Waals surface area (Å²) in [4.78, 5) is 66.1. The predicted octanol–water partition coefficient (Wildman–Crippen LogP) is 1.50. The van der Waals surface area contributed by atoms with Gasteiger partial charge in [0.25, 0.3) is 5.56 Å². The first kappa shape index (κ1) is 34.3. The third-order valence-corrected chi connectivity index (χ3v) is 8.82. The Labute approximate surface area is 216 Å². The van der Waals surface area contributed by atoms with Gasteiger partial charge in [-0.05, 0) is 32.1 Å². The highest BCUT2D eigenvalue weighted by molar-refractivity contribution is 7.66. The van der Waals surface area contributed by atoms with Crippen LogP contribution in [0.3, 0.4) is 0 Å². The number of H-pyrrole nitrogens is 1. The maximum Gasteiger partial charge on any atom is 0.490 e. The molecule has 1 aliphatic rings. The largest absolute Gasteiger partial charge is 0.490 e. The highest BCUT2D eigenvalue weighted by atomic mass is 31.3. The lowest BCUT2D eigenvalue weighted by molar-refractivity contribution is -0.0267. The van der Waals surface area contributed by atoms with E-state index >= 15 is 0 Å². The van der Waals surface area contributed by atoms with Crippen LogP contribution in [0.15, 0.2) is 20.9 Å². The summed E-state index contributed by atoms with van der Waals surface area (Å²) in [5.74, 6) is 0. The molecule has 1 aromatic rings. The predicted molar refractivity (Wildman–Crippen MR) is 131 cm³/mol. The number of rotatable bonds is 12. The van der Waals surface area contributed by atoms with E-state index in [1.54, 1.807) is 0 Å². The number of aromatic nitrogens is 2. The van der Waals surface area contributed by atoms with Crippen LogP contribution in [-0.2, 0) is 31.6 Å². The van der Waals surface area contributed by atoms with E-state index < -0.39 is 59.7 Å². The highest BCUT2D eigenvalue weighted by Crippen LogP contribution is 2.66. The molecule has 1 aliphatic heterocycles. The van der Waals surface area contributed by atoms with Gasteiger partial charge in [0.1, 0.15) is 6.23 Å². The van der Waals surface area contributed by atoms with Crippen molar-refractivity contribution < 1.29 is 51.2 Å². The van der Waals surface area contributed by atoms with Gasteiger partial charge in [-0.1, -0.05) is 25.9 Å². The van der Waals surface area contributed by atoms with E-state index in [0.717, 1.165) is 4.57 Å². The molecule has 5 N–H and O–H groups in total. The third kappa shape index (κ3) is 11.6.